The quantitative estimate of drug-likeness (QED) is 0.406. The van der Waals surface area contributed by atoms with E-state index in [1.165, 1.54) is 4.90 Å². The van der Waals surface area contributed by atoms with E-state index in [1.54, 1.807) is 31.2 Å². The molecule has 0 radical (unpaired) electrons. The van der Waals surface area contributed by atoms with Crippen molar-refractivity contribution < 1.29 is 19.1 Å². The largest absolute Gasteiger partial charge is 0.463 e. The molecule has 0 spiro atoms. The van der Waals surface area contributed by atoms with Crippen molar-refractivity contribution in [2.24, 2.45) is 0 Å². The van der Waals surface area contributed by atoms with Crippen LogP contribution in [0.4, 0.5) is 9.59 Å². The Morgan fingerprint density at radius 2 is 2.00 bits per heavy atom. The average Bonchev–Trinajstić information content (AvgIpc) is 3.07. The Kier molecular flexibility index (Phi) is 9.78. The molecule has 1 unspecified atom stereocenters. The molecule has 0 saturated carbocycles. The van der Waals surface area contributed by atoms with E-state index in [9.17, 15) is 14.4 Å². The molecule has 2 N–H and O–H groups in total. The first kappa shape index (κ1) is 27.5. The van der Waals surface area contributed by atoms with Crippen LogP contribution in [0.1, 0.15) is 38.8 Å². The topological polar surface area (TPSA) is 94.2 Å². The highest BCUT2D eigenvalue weighted by Crippen LogP contribution is 2.35. The van der Waals surface area contributed by atoms with Gasteiger partial charge in [-0.1, -0.05) is 35.9 Å². The van der Waals surface area contributed by atoms with Crippen molar-refractivity contribution in [3.8, 4) is 0 Å². The van der Waals surface area contributed by atoms with Gasteiger partial charge >= 0.3 is 18.0 Å². The Balaban J connectivity index is 1.98. The zero-order chi connectivity index (χ0) is 26.2. The van der Waals surface area contributed by atoms with Crippen LogP contribution < -0.4 is 10.6 Å². The number of halogens is 1. The number of carbonyl (C=O) groups excluding carboxylic acids is 3. The molecule has 0 aromatic heterocycles. The Hall–Kier alpha value is -3.04. The predicted octanol–water partition coefficient (Wildman–Crippen LogP) is 3.54. The van der Waals surface area contributed by atoms with Crippen molar-refractivity contribution in [3.05, 3.63) is 58.8 Å². The van der Waals surface area contributed by atoms with Crippen LogP contribution in [0.5, 0.6) is 0 Å². The third-order valence-electron chi connectivity index (χ3n) is 6.12. The maximum Gasteiger partial charge on any atom is 0.338 e. The molecule has 10 heteroatoms. The summed E-state index contributed by atoms with van der Waals surface area (Å²) in [5.41, 5.74) is 1.53. The summed E-state index contributed by atoms with van der Waals surface area (Å²) in [5.74, 6) is -0.501. The van der Waals surface area contributed by atoms with Crippen LogP contribution in [0.3, 0.4) is 0 Å². The average molecular weight is 518 g/mol. The van der Waals surface area contributed by atoms with E-state index in [2.05, 4.69) is 22.1 Å². The molecule has 36 heavy (non-hydrogen) atoms. The summed E-state index contributed by atoms with van der Waals surface area (Å²) in [6, 6.07) is 6.03. The maximum atomic E-state index is 13.3. The molecule has 2 aliphatic rings. The van der Waals surface area contributed by atoms with Crippen molar-refractivity contribution >= 4 is 29.6 Å². The fourth-order valence-corrected chi connectivity index (χ4v) is 4.71. The monoisotopic (exact) mass is 517 g/mol. The highest BCUT2D eigenvalue weighted by molar-refractivity contribution is 6.31. The van der Waals surface area contributed by atoms with E-state index in [1.807, 2.05) is 24.8 Å². The van der Waals surface area contributed by atoms with E-state index in [-0.39, 0.29) is 31.3 Å². The molecule has 1 atom stereocenters. The standard InChI is InChI=1S/C26H36ClN5O4/c1-5-12-32-21(17-30-13-9-14-31(16-15-30)25(34)28-18(3)4)22(24(33)36-6-2)23(29-26(32)35)19-10-7-8-11-20(19)27/h5,7-8,10-11,18,23H,1,6,9,12-17H2,2-4H3,(H,28,34)(H,29,35). The lowest BCUT2D eigenvalue weighted by Gasteiger charge is -2.38. The second-order valence-electron chi connectivity index (χ2n) is 9.11. The maximum absolute atomic E-state index is 13.3. The second kappa shape index (κ2) is 12.8. The number of nitrogens with zero attached hydrogens (tertiary/aromatic N) is 3. The lowest BCUT2D eigenvalue weighted by atomic mass is 9.94. The first-order valence-corrected chi connectivity index (χ1v) is 12.8. The summed E-state index contributed by atoms with van der Waals surface area (Å²) < 4.78 is 5.44. The summed E-state index contributed by atoms with van der Waals surface area (Å²) in [4.78, 5) is 44.6. The van der Waals surface area contributed by atoms with Crippen LogP contribution in [0.2, 0.25) is 5.02 Å². The summed E-state index contributed by atoms with van der Waals surface area (Å²) >= 11 is 6.48. The Labute approximate surface area is 218 Å². The third kappa shape index (κ3) is 6.59. The second-order valence-corrected chi connectivity index (χ2v) is 9.51. The van der Waals surface area contributed by atoms with Crippen molar-refractivity contribution in [1.82, 2.24) is 25.3 Å². The number of esters is 1. The number of amides is 4. The number of carbonyl (C=O) groups is 3. The van der Waals surface area contributed by atoms with Gasteiger partial charge < -0.3 is 20.3 Å². The van der Waals surface area contributed by atoms with E-state index < -0.39 is 12.0 Å². The van der Waals surface area contributed by atoms with Gasteiger partial charge in [0.1, 0.15) is 0 Å². The van der Waals surface area contributed by atoms with Crippen LogP contribution in [-0.2, 0) is 9.53 Å². The van der Waals surface area contributed by atoms with Crippen molar-refractivity contribution in [2.75, 3.05) is 45.9 Å². The van der Waals surface area contributed by atoms with Crippen molar-refractivity contribution in [3.63, 3.8) is 0 Å². The molecule has 196 valence electrons. The molecule has 1 aromatic rings. The van der Waals surface area contributed by atoms with E-state index in [0.717, 1.165) is 6.42 Å². The fraction of sp³-hybridized carbons (Fsp3) is 0.500. The first-order chi connectivity index (χ1) is 17.3. The summed E-state index contributed by atoms with van der Waals surface area (Å²) in [6.45, 7) is 12.7. The molecular weight excluding hydrogens is 482 g/mol. The normalized spacial score (nSPS) is 19.1. The number of hydrogen-bond donors (Lipinski definition) is 2. The zero-order valence-electron chi connectivity index (χ0n) is 21.3. The highest BCUT2D eigenvalue weighted by Gasteiger charge is 2.39. The zero-order valence-corrected chi connectivity index (χ0v) is 22.0. The fourth-order valence-electron chi connectivity index (χ4n) is 4.47. The minimum atomic E-state index is -0.749. The number of nitrogens with one attached hydrogen (secondary N) is 2. The molecule has 4 amide bonds. The van der Waals surface area contributed by atoms with Crippen LogP contribution >= 0.6 is 11.6 Å². The van der Waals surface area contributed by atoms with E-state index in [4.69, 9.17) is 16.3 Å². The number of ether oxygens (including phenoxy) is 1. The minimum absolute atomic E-state index is 0.0594. The lowest BCUT2D eigenvalue weighted by Crippen LogP contribution is -2.51. The summed E-state index contributed by atoms with van der Waals surface area (Å²) in [5, 5.41) is 6.33. The molecule has 3 rings (SSSR count). The number of rotatable bonds is 8. The molecule has 1 aromatic carbocycles. The number of hydrogen-bond acceptors (Lipinski definition) is 5. The minimum Gasteiger partial charge on any atom is -0.463 e. The SMILES string of the molecule is C=CCN1C(=O)NC(c2ccccc2Cl)C(C(=O)OCC)=C1CN1CCCN(C(=O)NC(C)C)CC1. The van der Waals surface area contributed by atoms with Gasteiger partial charge in [-0.3, -0.25) is 9.80 Å². The third-order valence-corrected chi connectivity index (χ3v) is 6.47. The van der Waals surface area contributed by atoms with Gasteiger partial charge in [-0.2, -0.15) is 0 Å². The van der Waals surface area contributed by atoms with Gasteiger partial charge in [-0.15, -0.1) is 6.58 Å². The van der Waals surface area contributed by atoms with Crippen LogP contribution in [0, 0.1) is 0 Å². The molecule has 2 aliphatic heterocycles. The number of benzene rings is 1. The molecule has 1 fully saturated rings. The van der Waals surface area contributed by atoms with Crippen molar-refractivity contribution in [1.29, 1.82) is 0 Å². The van der Waals surface area contributed by atoms with Crippen LogP contribution in [0.25, 0.3) is 0 Å². The molecule has 0 aliphatic carbocycles. The summed E-state index contributed by atoms with van der Waals surface area (Å²) in [6.07, 6.45) is 2.40. The van der Waals surface area contributed by atoms with Crippen LogP contribution in [0.15, 0.2) is 48.2 Å². The van der Waals surface area contributed by atoms with E-state index >= 15 is 0 Å². The van der Waals surface area contributed by atoms with Gasteiger partial charge in [0, 0.05) is 56.0 Å². The summed E-state index contributed by atoms with van der Waals surface area (Å²) in [7, 11) is 0. The molecule has 2 heterocycles. The predicted molar refractivity (Wildman–Crippen MR) is 140 cm³/mol. The van der Waals surface area contributed by atoms with Gasteiger partial charge in [0.25, 0.3) is 0 Å². The Bertz CT molecular complexity index is 1010. The van der Waals surface area contributed by atoms with Gasteiger partial charge in [-0.05, 0) is 38.8 Å². The smallest absolute Gasteiger partial charge is 0.338 e. The van der Waals surface area contributed by atoms with Gasteiger partial charge in [-0.25, -0.2) is 14.4 Å². The number of urea groups is 2. The Morgan fingerprint density at radius 3 is 2.67 bits per heavy atom. The van der Waals surface area contributed by atoms with E-state index in [0.29, 0.717) is 54.6 Å². The van der Waals surface area contributed by atoms with Gasteiger partial charge in [0.15, 0.2) is 0 Å². The van der Waals surface area contributed by atoms with Gasteiger partial charge in [0.2, 0.25) is 0 Å². The molecular formula is C26H36ClN5O4. The molecule has 9 nitrogen and oxygen atoms in total. The van der Waals surface area contributed by atoms with Gasteiger partial charge in [0.05, 0.1) is 18.2 Å². The van der Waals surface area contributed by atoms with Crippen molar-refractivity contribution in [2.45, 2.75) is 39.3 Å². The highest BCUT2D eigenvalue weighted by atomic mass is 35.5. The van der Waals surface area contributed by atoms with Crippen LogP contribution in [-0.4, -0.2) is 84.6 Å². The molecule has 0 bridgehead atoms. The Morgan fingerprint density at radius 1 is 1.25 bits per heavy atom. The first-order valence-electron chi connectivity index (χ1n) is 12.4. The molecule has 1 saturated heterocycles. The lowest BCUT2D eigenvalue weighted by molar-refractivity contribution is -0.139.